The number of fused-ring (bicyclic) bond motifs is 1. The van der Waals surface area contributed by atoms with Gasteiger partial charge in [0.1, 0.15) is 15.6 Å². The average molecular weight is 361 g/mol. The maximum atomic E-state index is 12.2. The van der Waals surface area contributed by atoms with E-state index in [1.54, 1.807) is 12.1 Å². The van der Waals surface area contributed by atoms with Crippen molar-refractivity contribution in [1.82, 2.24) is 0 Å². The van der Waals surface area contributed by atoms with Crippen molar-refractivity contribution < 1.29 is 23.8 Å². The van der Waals surface area contributed by atoms with Crippen LogP contribution in [-0.2, 0) is 14.3 Å². The summed E-state index contributed by atoms with van der Waals surface area (Å²) in [5.74, 6) is -0.707. The van der Waals surface area contributed by atoms with Crippen molar-refractivity contribution in [2.45, 2.75) is 12.5 Å². The second-order valence-corrected chi connectivity index (χ2v) is 6.33. The van der Waals surface area contributed by atoms with Gasteiger partial charge in [-0.05, 0) is 12.1 Å². The van der Waals surface area contributed by atoms with E-state index in [4.69, 9.17) is 37.4 Å². The summed E-state index contributed by atoms with van der Waals surface area (Å²) in [6.07, 6.45) is -0.527. The molecule has 8 heteroatoms. The molecule has 0 saturated carbocycles. The van der Waals surface area contributed by atoms with Crippen LogP contribution in [0, 0.1) is 0 Å². The number of carbonyl (C=O) groups is 2. The number of methoxy groups -OCH3 is 1. The Kier molecular flexibility index (Phi) is 4.16. The number of rotatable bonds is 3. The molecule has 1 aliphatic rings. The molecule has 2 aromatic rings. The highest BCUT2D eigenvalue weighted by atomic mass is 35.5. The van der Waals surface area contributed by atoms with Crippen molar-refractivity contribution in [2.75, 3.05) is 13.7 Å². The quantitative estimate of drug-likeness (QED) is 0.781. The molecule has 0 aliphatic carbocycles. The van der Waals surface area contributed by atoms with Crippen molar-refractivity contribution in [2.24, 2.45) is 0 Å². The number of halogens is 2. The summed E-state index contributed by atoms with van der Waals surface area (Å²) >= 11 is 13.6. The summed E-state index contributed by atoms with van der Waals surface area (Å²) in [5.41, 5.74) is 0. The lowest BCUT2D eigenvalue weighted by Crippen LogP contribution is -2.22. The molecule has 3 rings (SSSR count). The highest BCUT2D eigenvalue weighted by Crippen LogP contribution is 2.43. The van der Waals surface area contributed by atoms with Gasteiger partial charge in [0.15, 0.2) is 0 Å². The van der Waals surface area contributed by atoms with Crippen LogP contribution in [0.2, 0.25) is 10.0 Å². The van der Waals surface area contributed by atoms with Gasteiger partial charge in [-0.25, -0.2) is 9.59 Å². The van der Waals surface area contributed by atoms with Crippen LogP contribution in [0.1, 0.15) is 16.1 Å². The molecule has 0 amide bonds. The van der Waals surface area contributed by atoms with E-state index in [0.717, 1.165) is 11.3 Å². The Hall–Kier alpha value is -1.50. The lowest BCUT2D eigenvalue weighted by molar-refractivity contribution is -0.145. The summed E-state index contributed by atoms with van der Waals surface area (Å²) in [7, 11) is 1.50. The number of hydrogen-bond acceptors (Lipinski definition) is 6. The van der Waals surface area contributed by atoms with Crippen molar-refractivity contribution in [1.29, 1.82) is 0 Å². The van der Waals surface area contributed by atoms with Crippen LogP contribution in [0.4, 0.5) is 0 Å². The smallest absolute Gasteiger partial charge is 0.350 e. The van der Waals surface area contributed by atoms with E-state index in [2.05, 4.69) is 0 Å². The van der Waals surface area contributed by atoms with E-state index in [-0.39, 0.29) is 16.5 Å². The Bertz CT molecular complexity index is 770. The lowest BCUT2D eigenvalue weighted by atomic mass is 10.2. The van der Waals surface area contributed by atoms with Crippen molar-refractivity contribution >= 4 is 56.6 Å². The summed E-state index contributed by atoms with van der Waals surface area (Å²) in [4.78, 5) is 23.8. The highest BCUT2D eigenvalue weighted by Gasteiger charge is 2.32. The van der Waals surface area contributed by atoms with Crippen LogP contribution in [0.15, 0.2) is 12.1 Å². The molecule has 0 radical (unpaired) electrons. The Morgan fingerprint density at radius 3 is 2.77 bits per heavy atom. The standard InChI is InChI=1S/C14H10Cl2O5S/c1-19-7-3-2-6-9(15)12(22-11(6)10(7)16)14(18)21-8-4-5-20-13(8)17/h2-3,8H,4-5H2,1H3/t8-/m1/s1. The van der Waals surface area contributed by atoms with Crippen LogP contribution in [-0.4, -0.2) is 31.8 Å². The van der Waals surface area contributed by atoms with Gasteiger partial charge in [-0.3, -0.25) is 0 Å². The third-order valence-corrected chi connectivity index (χ3v) is 5.44. The Morgan fingerprint density at radius 1 is 1.36 bits per heavy atom. The first kappa shape index (κ1) is 15.4. The first-order valence-electron chi connectivity index (χ1n) is 6.35. The van der Waals surface area contributed by atoms with Crippen molar-refractivity contribution in [3.8, 4) is 5.75 Å². The summed E-state index contributed by atoms with van der Waals surface area (Å²) < 4.78 is 15.7. The highest BCUT2D eigenvalue weighted by molar-refractivity contribution is 7.22. The van der Waals surface area contributed by atoms with Gasteiger partial charge in [0.2, 0.25) is 6.10 Å². The van der Waals surface area contributed by atoms with E-state index >= 15 is 0 Å². The zero-order valence-electron chi connectivity index (χ0n) is 11.4. The second-order valence-electron chi connectivity index (χ2n) is 4.55. The number of hydrogen-bond donors (Lipinski definition) is 0. The van der Waals surface area contributed by atoms with Crippen LogP contribution in [0.3, 0.4) is 0 Å². The molecule has 1 fully saturated rings. The molecular weight excluding hydrogens is 351 g/mol. The van der Waals surface area contributed by atoms with Gasteiger partial charge in [0, 0.05) is 11.8 Å². The number of carbonyl (C=O) groups excluding carboxylic acids is 2. The predicted octanol–water partition coefficient (Wildman–Crippen LogP) is 3.69. The largest absolute Gasteiger partial charge is 0.495 e. The molecule has 1 atom stereocenters. The van der Waals surface area contributed by atoms with Crippen LogP contribution in [0.25, 0.3) is 10.1 Å². The molecule has 22 heavy (non-hydrogen) atoms. The topological polar surface area (TPSA) is 61.8 Å². The predicted molar refractivity (Wildman–Crippen MR) is 83.2 cm³/mol. The molecule has 2 heterocycles. The van der Waals surface area contributed by atoms with Crippen molar-refractivity contribution in [3.63, 3.8) is 0 Å². The molecule has 1 aromatic heterocycles. The average Bonchev–Trinajstić information content (AvgIpc) is 3.05. The Morgan fingerprint density at radius 2 is 2.14 bits per heavy atom. The maximum Gasteiger partial charge on any atom is 0.350 e. The molecule has 0 N–H and O–H groups in total. The normalized spacial score (nSPS) is 17.6. The van der Waals surface area contributed by atoms with Gasteiger partial charge in [0.05, 0.1) is 23.4 Å². The van der Waals surface area contributed by atoms with Gasteiger partial charge in [-0.15, -0.1) is 11.3 Å². The molecule has 1 aromatic carbocycles. The number of cyclic esters (lactones) is 1. The second kappa shape index (κ2) is 5.95. The summed E-state index contributed by atoms with van der Waals surface area (Å²) in [6.45, 7) is 0.250. The van der Waals surface area contributed by atoms with E-state index in [9.17, 15) is 9.59 Å². The number of ether oxygens (including phenoxy) is 3. The van der Waals surface area contributed by atoms with Crippen LogP contribution in [0.5, 0.6) is 5.75 Å². The van der Waals surface area contributed by atoms with E-state index in [1.165, 1.54) is 7.11 Å². The fourth-order valence-electron chi connectivity index (χ4n) is 2.14. The van der Waals surface area contributed by atoms with Gasteiger partial charge >= 0.3 is 11.9 Å². The number of benzene rings is 1. The van der Waals surface area contributed by atoms with Gasteiger partial charge in [-0.2, -0.15) is 0 Å². The molecule has 116 valence electrons. The molecule has 0 spiro atoms. The minimum atomic E-state index is -0.876. The first-order valence-corrected chi connectivity index (χ1v) is 7.92. The monoisotopic (exact) mass is 360 g/mol. The zero-order valence-corrected chi connectivity index (χ0v) is 13.7. The van der Waals surface area contributed by atoms with E-state index in [0.29, 0.717) is 27.3 Å². The zero-order chi connectivity index (χ0) is 15.9. The fraction of sp³-hybridized carbons (Fsp3) is 0.286. The Labute approximate surface area is 139 Å². The van der Waals surface area contributed by atoms with Gasteiger partial charge in [-0.1, -0.05) is 23.2 Å². The van der Waals surface area contributed by atoms with Crippen LogP contribution >= 0.6 is 34.5 Å². The van der Waals surface area contributed by atoms with Crippen molar-refractivity contribution in [3.05, 3.63) is 27.1 Å². The molecule has 0 bridgehead atoms. The van der Waals surface area contributed by atoms with Crippen LogP contribution < -0.4 is 4.74 Å². The maximum absolute atomic E-state index is 12.2. The van der Waals surface area contributed by atoms with Gasteiger partial charge < -0.3 is 14.2 Å². The first-order chi connectivity index (χ1) is 10.5. The third kappa shape index (κ3) is 2.51. The number of esters is 2. The molecule has 0 unspecified atom stereocenters. The minimum Gasteiger partial charge on any atom is -0.495 e. The molecular formula is C14H10Cl2O5S. The minimum absolute atomic E-state index is 0.200. The SMILES string of the molecule is COc1ccc2c(Cl)c(C(=O)O[C@@H]3CCOC3=O)sc2c1Cl. The van der Waals surface area contributed by atoms with E-state index in [1.807, 2.05) is 0 Å². The molecule has 5 nitrogen and oxygen atoms in total. The Balaban J connectivity index is 1.97. The molecule has 1 saturated heterocycles. The van der Waals surface area contributed by atoms with E-state index < -0.39 is 18.0 Å². The number of thiophene rings is 1. The summed E-state index contributed by atoms with van der Waals surface area (Å²) in [5, 5.41) is 1.27. The lowest BCUT2D eigenvalue weighted by Gasteiger charge is -2.06. The van der Waals surface area contributed by atoms with Gasteiger partial charge in [0.25, 0.3) is 0 Å². The molecule has 1 aliphatic heterocycles. The third-order valence-electron chi connectivity index (χ3n) is 3.24. The summed E-state index contributed by atoms with van der Waals surface area (Å²) in [6, 6.07) is 3.40. The fourth-order valence-corrected chi connectivity index (χ4v) is 3.91.